The van der Waals surface area contributed by atoms with Crippen molar-refractivity contribution in [1.29, 1.82) is 0 Å². The van der Waals surface area contributed by atoms with Gasteiger partial charge < -0.3 is 19.6 Å². The quantitative estimate of drug-likeness (QED) is 0.629. The number of anilines is 1. The minimum atomic E-state index is -4.51. The Bertz CT molecular complexity index is 1070. The maximum absolute atomic E-state index is 12.9. The lowest BCUT2D eigenvalue weighted by molar-refractivity contribution is -0.137. The largest absolute Gasteiger partial charge is 0.495 e. The Balaban J connectivity index is 1.86. The molecule has 1 aromatic heterocycles. The number of hydrogen-bond donors (Lipinski definition) is 2. The topological polar surface area (TPSA) is 88.8 Å². The van der Waals surface area contributed by atoms with Gasteiger partial charge in [-0.2, -0.15) is 13.2 Å². The predicted molar refractivity (Wildman–Crippen MR) is 97.1 cm³/mol. The number of carboxylic acids is 1. The molecule has 0 bridgehead atoms. The van der Waals surface area contributed by atoms with E-state index in [1.807, 2.05) is 0 Å². The number of aromatic carboxylic acids is 1. The molecule has 0 fully saturated rings. The number of hydrogen-bond acceptors (Lipinski definition) is 4. The third-order valence-electron chi connectivity index (χ3n) is 4.00. The molecule has 0 saturated heterocycles. The average Bonchev–Trinajstić information content (AvgIpc) is 3.17. The van der Waals surface area contributed by atoms with E-state index in [1.54, 1.807) is 0 Å². The molecular weight excluding hydrogens is 391 g/mol. The molecule has 1 amide bonds. The Labute approximate surface area is 162 Å². The normalized spacial score (nSPS) is 11.2. The van der Waals surface area contributed by atoms with E-state index >= 15 is 0 Å². The molecule has 3 rings (SSSR count). The number of methoxy groups -OCH3 is 1. The van der Waals surface area contributed by atoms with Gasteiger partial charge in [0.2, 0.25) is 0 Å². The van der Waals surface area contributed by atoms with Crippen LogP contribution in [0.15, 0.2) is 59.0 Å². The first kappa shape index (κ1) is 20.0. The minimum Gasteiger partial charge on any atom is -0.495 e. The zero-order valence-electron chi connectivity index (χ0n) is 14.9. The molecule has 3 aromatic rings. The molecule has 29 heavy (non-hydrogen) atoms. The fourth-order valence-electron chi connectivity index (χ4n) is 2.59. The van der Waals surface area contributed by atoms with Gasteiger partial charge in [-0.15, -0.1) is 0 Å². The van der Waals surface area contributed by atoms with E-state index < -0.39 is 23.6 Å². The third kappa shape index (κ3) is 4.40. The molecule has 9 heteroatoms. The number of carbonyl (C=O) groups excluding carboxylic acids is 1. The van der Waals surface area contributed by atoms with Crippen LogP contribution in [0.1, 0.15) is 26.5 Å². The van der Waals surface area contributed by atoms with Gasteiger partial charge in [-0.1, -0.05) is 12.1 Å². The smallest absolute Gasteiger partial charge is 0.416 e. The summed E-state index contributed by atoms with van der Waals surface area (Å²) < 4.78 is 49.1. The van der Waals surface area contributed by atoms with Gasteiger partial charge in [0.25, 0.3) is 5.91 Å². The highest BCUT2D eigenvalue weighted by Crippen LogP contribution is 2.33. The molecule has 0 radical (unpaired) electrons. The molecule has 2 aromatic carbocycles. The summed E-state index contributed by atoms with van der Waals surface area (Å²) >= 11 is 0. The van der Waals surface area contributed by atoms with Crippen molar-refractivity contribution >= 4 is 17.6 Å². The van der Waals surface area contributed by atoms with Gasteiger partial charge in [0.05, 0.1) is 23.9 Å². The van der Waals surface area contributed by atoms with Crippen LogP contribution in [0.2, 0.25) is 0 Å². The van der Waals surface area contributed by atoms with Crippen LogP contribution in [0.4, 0.5) is 18.9 Å². The lowest BCUT2D eigenvalue weighted by Crippen LogP contribution is -2.12. The van der Waals surface area contributed by atoms with Gasteiger partial charge >= 0.3 is 12.1 Å². The third-order valence-corrected chi connectivity index (χ3v) is 4.00. The van der Waals surface area contributed by atoms with Gasteiger partial charge in [-0.05, 0) is 42.5 Å². The Morgan fingerprint density at radius 1 is 1.07 bits per heavy atom. The van der Waals surface area contributed by atoms with Crippen LogP contribution >= 0.6 is 0 Å². The maximum Gasteiger partial charge on any atom is 0.416 e. The summed E-state index contributed by atoms with van der Waals surface area (Å²) in [5, 5.41) is 11.6. The minimum absolute atomic E-state index is 0.0646. The first-order valence-electron chi connectivity index (χ1n) is 8.19. The molecule has 0 atom stereocenters. The number of nitrogens with one attached hydrogen (secondary N) is 1. The highest BCUT2D eigenvalue weighted by atomic mass is 19.4. The van der Waals surface area contributed by atoms with E-state index in [9.17, 15) is 22.8 Å². The first-order chi connectivity index (χ1) is 13.7. The van der Waals surface area contributed by atoms with Crippen molar-refractivity contribution in [2.45, 2.75) is 6.18 Å². The molecule has 0 aliphatic heterocycles. The highest BCUT2D eigenvalue weighted by molar-refractivity contribution is 6.04. The van der Waals surface area contributed by atoms with Gasteiger partial charge in [0.15, 0.2) is 5.76 Å². The molecular formula is C20H14F3NO5. The van der Waals surface area contributed by atoms with Gasteiger partial charge in [0.1, 0.15) is 11.5 Å². The summed E-state index contributed by atoms with van der Waals surface area (Å²) in [6.45, 7) is 0. The molecule has 0 unspecified atom stereocenters. The maximum atomic E-state index is 12.9. The van der Waals surface area contributed by atoms with Crippen molar-refractivity contribution in [3.63, 3.8) is 0 Å². The van der Waals surface area contributed by atoms with Crippen molar-refractivity contribution in [2.24, 2.45) is 0 Å². The lowest BCUT2D eigenvalue weighted by atomic mass is 10.1. The standard InChI is InChI=1S/C20H14F3NO5/c1-28-16-6-5-12(19(26)27)10-14(16)24-18(25)17-8-7-15(29-17)11-3-2-4-13(9-11)20(21,22)23/h2-10H,1H3,(H,24,25)(H,26,27). The van der Waals surface area contributed by atoms with Crippen LogP contribution in [0, 0.1) is 0 Å². The zero-order chi connectivity index (χ0) is 21.2. The number of halogens is 3. The number of benzene rings is 2. The molecule has 0 saturated carbocycles. The SMILES string of the molecule is COc1ccc(C(=O)O)cc1NC(=O)c1ccc(-c2cccc(C(F)(F)F)c2)o1. The molecule has 150 valence electrons. The second-order valence-electron chi connectivity index (χ2n) is 5.92. The van der Waals surface area contributed by atoms with E-state index in [0.717, 1.165) is 12.1 Å². The van der Waals surface area contributed by atoms with E-state index in [1.165, 1.54) is 49.6 Å². The molecule has 0 aliphatic rings. The molecule has 1 heterocycles. The number of ether oxygens (including phenoxy) is 1. The van der Waals surface area contributed by atoms with Gasteiger partial charge in [0, 0.05) is 5.56 Å². The second kappa shape index (κ2) is 7.70. The van der Waals surface area contributed by atoms with Crippen LogP contribution in [0.3, 0.4) is 0 Å². The van der Waals surface area contributed by atoms with Gasteiger partial charge in [-0.25, -0.2) is 4.79 Å². The van der Waals surface area contributed by atoms with E-state index in [-0.39, 0.29) is 34.1 Å². The van der Waals surface area contributed by atoms with Crippen LogP contribution in [-0.2, 0) is 6.18 Å². The zero-order valence-corrected chi connectivity index (χ0v) is 14.9. The average molecular weight is 405 g/mol. The Hall–Kier alpha value is -3.75. The Morgan fingerprint density at radius 3 is 2.48 bits per heavy atom. The number of amides is 1. The Kier molecular flexibility index (Phi) is 5.31. The van der Waals surface area contributed by atoms with Crippen LogP contribution in [0.5, 0.6) is 5.75 Å². The van der Waals surface area contributed by atoms with E-state index in [0.29, 0.717) is 0 Å². The molecule has 0 spiro atoms. The summed E-state index contributed by atoms with van der Waals surface area (Å²) in [5.74, 6) is -1.77. The number of carboxylic acid groups (broad SMARTS) is 1. The number of rotatable bonds is 5. The van der Waals surface area contributed by atoms with Crippen molar-refractivity contribution < 1.29 is 37.0 Å². The number of carbonyl (C=O) groups is 2. The monoisotopic (exact) mass is 405 g/mol. The van der Waals surface area contributed by atoms with Crippen LogP contribution < -0.4 is 10.1 Å². The van der Waals surface area contributed by atoms with E-state index in [4.69, 9.17) is 14.3 Å². The number of furan rings is 1. The van der Waals surface area contributed by atoms with Crippen LogP contribution in [-0.4, -0.2) is 24.1 Å². The fourth-order valence-corrected chi connectivity index (χ4v) is 2.59. The second-order valence-corrected chi connectivity index (χ2v) is 5.92. The van der Waals surface area contributed by atoms with E-state index in [2.05, 4.69) is 5.32 Å². The van der Waals surface area contributed by atoms with Crippen molar-refractivity contribution in [1.82, 2.24) is 0 Å². The van der Waals surface area contributed by atoms with Crippen LogP contribution in [0.25, 0.3) is 11.3 Å². The molecule has 2 N–H and O–H groups in total. The fraction of sp³-hybridized carbons (Fsp3) is 0.100. The predicted octanol–water partition coefficient (Wildman–Crippen LogP) is 4.92. The summed E-state index contributed by atoms with van der Waals surface area (Å²) in [6.07, 6.45) is -4.51. The first-order valence-corrected chi connectivity index (χ1v) is 8.19. The summed E-state index contributed by atoms with van der Waals surface area (Å²) in [7, 11) is 1.35. The summed E-state index contributed by atoms with van der Waals surface area (Å²) in [6, 6.07) is 11.1. The van der Waals surface area contributed by atoms with Gasteiger partial charge in [-0.3, -0.25) is 4.79 Å². The molecule has 6 nitrogen and oxygen atoms in total. The lowest BCUT2D eigenvalue weighted by Gasteiger charge is -2.10. The Morgan fingerprint density at radius 2 is 1.83 bits per heavy atom. The number of alkyl halides is 3. The highest BCUT2D eigenvalue weighted by Gasteiger charge is 2.30. The summed E-state index contributed by atoms with van der Waals surface area (Å²) in [5.41, 5.74) is -0.642. The van der Waals surface area contributed by atoms with Crippen molar-refractivity contribution in [2.75, 3.05) is 12.4 Å². The summed E-state index contributed by atoms with van der Waals surface area (Å²) in [4.78, 5) is 23.6. The van der Waals surface area contributed by atoms with Crippen molar-refractivity contribution in [3.8, 4) is 17.1 Å². The van der Waals surface area contributed by atoms with Crippen molar-refractivity contribution in [3.05, 3.63) is 71.5 Å². The molecule has 0 aliphatic carbocycles.